The molecule has 2 aliphatic heterocycles. The first-order valence-corrected chi connectivity index (χ1v) is 12.7. The van der Waals surface area contributed by atoms with E-state index in [4.69, 9.17) is 0 Å². The number of fused-ring (bicyclic) bond motifs is 1. The van der Waals surface area contributed by atoms with Gasteiger partial charge in [-0.05, 0) is 66.5 Å². The van der Waals surface area contributed by atoms with Crippen molar-refractivity contribution in [3.8, 4) is 6.07 Å². The Morgan fingerprint density at radius 1 is 1.08 bits per heavy atom. The van der Waals surface area contributed by atoms with Gasteiger partial charge in [0.15, 0.2) is 0 Å². The van der Waals surface area contributed by atoms with Gasteiger partial charge in [0.05, 0.1) is 17.1 Å². The third-order valence-corrected chi connectivity index (χ3v) is 7.38. The predicted molar refractivity (Wildman–Crippen MR) is 136 cm³/mol. The van der Waals surface area contributed by atoms with Crippen molar-refractivity contribution in [1.82, 2.24) is 29.7 Å². The molecule has 2 aliphatic rings. The lowest BCUT2D eigenvalue weighted by atomic mass is 9.78. The van der Waals surface area contributed by atoms with Gasteiger partial charge in [0.1, 0.15) is 11.6 Å². The van der Waals surface area contributed by atoms with Crippen LogP contribution in [0.3, 0.4) is 0 Å². The molecule has 8 nitrogen and oxygen atoms in total. The summed E-state index contributed by atoms with van der Waals surface area (Å²) in [7, 11) is 0. The molecule has 1 unspecified atom stereocenters. The predicted octanol–water partition coefficient (Wildman–Crippen LogP) is 3.89. The summed E-state index contributed by atoms with van der Waals surface area (Å²) in [5, 5.41) is 9.37. The Morgan fingerprint density at radius 3 is 2.64 bits per heavy atom. The van der Waals surface area contributed by atoms with E-state index in [9.17, 15) is 10.1 Å². The van der Waals surface area contributed by atoms with Crippen molar-refractivity contribution in [2.24, 2.45) is 10.8 Å². The van der Waals surface area contributed by atoms with Crippen molar-refractivity contribution in [2.45, 2.75) is 59.5 Å². The Bertz CT molecular complexity index is 1310. The number of nitrogens with zero attached hydrogens (tertiary/aromatic N) is 7. The number of nitriles is 1. The van der Waals surface area contributed by atoms with E-state index in [2.05, 4.69) is 51.7 Å². The van der Waals surface area contributed by atoms with Gasteiger partial charge >= 0.3 is 0 Å². The number of hydrogen-bond donors (Lipinski definition) is 0. The molecule has 5 heterocycles. The fraction of sp³-hybridized carbons (Fsp3) is 0.500. The maximum Gasteiger partial charge on any atom is 0.232 e. The highest BCUT2D eigenvalue weighted by Gasteiger charge is 2.48. The van der Waals surface area contributed by atoms with Crippen molar-refractivity contribution in [3.63, 3.8) is 0 Å². The summed E-state index contributed by atoms with van der Waals surface area (Å²) in [6.07, 6.45) is 10.8. The van der Waals surface area contributed by atoms with Crippen LogP contribution in [-0.4, -0.2) is 55.3 Å². The Morgan fingerprint density at radius 2 is 1.89 bits per heavy atom. The highest BCUT2D eigenvalue weighted by Crippen LogP contribution is 2.41. The number of likely N-dealkylation sites (tertiary alicyclic amines) is 2. The highest BCUT2D eigenvalue weighted by molar-refractivity contribution is 5.85. The summed E-state index contributed by atoms with van der Waals surface area (Å²) in [6, 6.07) is 6.03. The Hall–Kier alpha value is -3.44. The summed E-state index contributed by atoms with van der Waals surface area (Å²) in [6.45, 7) is 10.5. The van der Waals surface area contributed by atoms with E-state index in [-0.39, 0.29) is 22.6 Å². The quantitative estimate of drug-likeness (QED) is 0.543. The smallest absolute Gasteiger partial charge is 0.232 e. The minimum absolute atomic E-state index is 0.0405. The van der Waals surface area contributed by atoms with Crippen molar-refractivity contribution >= 4 is 16.9 Å². The van der Waals surface area contributed by atoms with Gasteiger partial charge in [-0.3, -0.25) is 19.7 Å². The molecule has 1 atom stereocenters. The second kappa shape index (κ2) is 9.55. The van der Waals surface area contributed by atoms with Crippen LogP contribution in [0.15, 0.2) is 36.9 Å². The van der Waals surface area contributed by atoms with E-state index in [1.165, 1.54) is 0 Å². The fourth-order valence-electron chi connectivity index (χ4n) is 5.72. The van der Waals surface area contributed by atoms with Gasteiger partial charge in [-0.25, -0.2) is 9.97 Å². The van der Waals surface area contributed by atoms with Crippen LogP contribution in [0.2, 0.25) is 0 Å². The molecular weight excluding hydrogens is 450 g/mol. The zero-order valence-electron chi connectivity index (χ0n) is 21.4. The SMILES string of the molecule is CC(C)(C)Cc1c(CN2CCCC3(CCN(Cc4ccncc4)C3=O)C2)cnc2cnc(C#N)nc12. The number of rotatable bonds is 5. The van der Waals surface area contributed by atoms with Crippen LogP contribution in [0.5, 0.6) is 0 Å². The van der Waals surface area contributed by atoms with Crippen LogP contribution in [0.1, 0.15) is 62.5 Å². The van der Waals surface area contributed by atoms with Gasteiger partial charge in [-0.2, -0.15) is 5.26 Å². The number of carbonyl (C=O) groups excluding carboxylic acids is 1. The number of amides is 1. The molecule has 36 heavy (non-hydrogen) atoms. The molecule has 0 aliphatic carbocycles. The summed E-state index contributed by atoms with van der Waals surface area (Å²) < 4.78 is 0. The number of carbonyl (C=O) groups is 1. The summed E-state index contributed by atoms with van der Waals surface area (Å²) in [5.41, 5.74) is 4.58. The first kappa shape index (κ1) is 24.3. The van der Waals surface area contributed by atoms with Crippen molar-refractivity contribution in [3.05, 3.63) is 59.4 Å². The minimum atomic E-state index is -0.310. The number of piperidine rings is 1. The number of aromatic nitrogens is 4. The van der Waals surface area contributed by atoms with E-state index >= 15 is 0 Å². The van der Waals surface area contributed by atoms with Crippen LogP contribution < -0.4 is 0 Å². The van der Waals surface area contributed by atoms with Gasteiger partial charge in [0, 0.05) is 44.8 Å². The molecule has 1 amide bonds. The van der Waals surface area contributed by atoms with Gasteiger partial charge in [0.2, 0.25) is 11.7 Å². The molecule has 0 N–H and O–H groups in total. The molecule has 0 saturated carbocycles. The molecular formula is C28H33N7O. The van der Waals surface area contributed by atoms with E-state index in [0.29, 0.717) is 12.1 Å². The second-order valence-corrected chi connectivity index (χ2v) is 11.5. The average Bonchev–Trinajstić information content (AvgIpc) is 3.14. The Labute approximate surface area is 212 Å². The minimum Gasteiger partial charge on any atom is -0.338 e. The maximum absolute atomic E-state index is 13.6. The zero-order chi connectivity index (χ0) is 25.3. The highest BCUT2D eigenvalue weighted by atomic mass is 16.2. The largest absolute Gasteiger partial charge is 0.338 e. The molecule has 3 aromatic heterocycles. The standard InChI is InChI=1S/C28H33N7O/c1-27(2,3)13-22-21(15-31-23-16-32-24(14-29)33-25(22)23)18-34-11-4-7-28(19-34)8-12-35(26(28)36)17-20-5-9-30-10-6-20/h5-6,9-10,15-16H,4,7-8,11-13,17-19H2,1-3H3. The van der Waals surface area contributed by atoms with Crippen molar-refractivity contribution < 1.29 is 4.79 Å². The Balaban J connectivity index is 1.39. The molecule has 186 valence electrons. The fourth-order valence-corrected chi connectivity index (χ4v) is 5.72. The summed E-state index contributed by atoms with van der Waals surface area (Å²) >= 11 is 0. The van der Waals surface area contributed by atoms with Crippen LogP contribution in [-0.2, 0) is 24.3 Å². The first-order chi connectivity index (χ1) is 17.3. The maximum atomic E-state index is 13.6. The van der Waals surface area contributed by atoms with Crippen LogP contribution >= 0.6 is 0 Å². The lowest BCUT2D eigenvalue weighted by molar-refractivity contribution is -0.139. The van der Waals surface area contributed by atoms with E-state index in [0.717, 1.165) is 74.1 Å². The lowest BCUT2D eigenvalue weighted by Gasteiger charge is -2.39. The molecule has 8 heteroatoms. The van der Waals surface area contributed by atoms with Gasteiger partial charge in [-0.1, -0.05) is 20.8 Å². The summed E-state index contributed by atoms with van der Waals surface area (Å²) in [5.74, 6) is 0.446. The Kier molecular flexibility index (Phi) is 6.44. The topological polar surface area (TPSA) is 98.9 Å². The van der Waals surface area contributed by atoms with E-state index in [1.807, 2.05) is 23.2 Å². The van der Waals surface area contributed by atoms with Gasteiger partial charge in [0.25, 0.3) is 0 Å². The third kappa shape index (κ3) is 4.93. The monoisotopic (exact) mass is 483 g/mol. The molecule has 0 radical (unpaired) electrons. The van der Waals surface area contributed by atoms with Crippen molar-refractivity contribution in [2.75, 3.05) is 19.6 Å². The molecule has 0 aromatic carbocycles. The first-order valence-electron chi connectivity index (χ1n) is 12.7. The van der Waals surface area contributed by atoms with Crippen LogP contribution in [0.4, 0.5) is 0 Å². The number of pyridine rings is 2. The normalized spacial score (nSPS) is 20.8. The van der Waals surface area contributed by atoms with Crippen LogP contribution in [0, 0.1) is 22.2 Å². The number of hydrogen-bond acceptors (Lipinski definition) is 7. The van der Waals surface area contributed by atoms with Gasteiger partial charge < -0.3 is 4.90 Å². The van der Waals surface area contributed by atoms with Gasteiger partial charge in [-0.15, -0.1) is 0 Å². The van der Waals surface area contributed by atoms with E-state index in [1.54, 1.807) is 18.6 Å². The molecule has 5 rings (SSSR count). The zero-order valence-corrected chi connectivity index (χ0v) is 21.4. The molecule has 2 saturated heterocycles. The van der Waals surface area contributed by atoms with Crippen LogP contribution in [0.25, 0.3) is 11.0 Å². The summed E-state index contributed by atoms with van der Waals surface area (Å²) in [4.78, 5) is 35.4. The van der Waals surface area contributed by atoms with Crippen molar-refractivity contribution in [1.29, 1.82) is 5.26 Å². The molecule has 2 fully saturated rings. The average molecular weight is 484 g/mol. The third-order valence-electron chi connectivity index (χ3n) is 7.38. The lowest BCUT2D eigenvalue weighted by Crippen LogP contribution is -2.47. The van der Waals surface area contributed by atoms with E-state index < -0.39 is 0 Å². The molecule has 1 spiro atoms. The molecule has 3 aromatic rings. The second-order valence-electron chi connectivity index (χ2n) is 11.5. The molecule has 0 bridgehead atoms.